The number of rotatable bonds is 6. The SMILES string of the molecule is COc1ccc2nc(SCc3csc(Cc4ccc(F)cc4Cl)n3)[nH]c2c1. The molecule has 0 aliphatic rings. The molecule has 0 bridgehead atoms. The normalized spacial score (nSPS) is 11.2. The molecule has 1 N–H and O–H groups in total. The van der Waals surface area contributed by atoms with Gasteiger partial charge >= 0.3 is 0 Å². The lowest BCUT2D eigenvalue weighted by Gasteiger charge is -2.01. The number of H-pyrrole nitrogens is 1. The van der Waals surface area contributed by atoms with Gasteiger partial charge < -0.3 is 9.72 Å². The van der Waals surface area contributed by atoms with E-state index >= 15 is 0 Å². The molecule has 0 saturated carbocycles. The van der Waals surface area contributed by atoms with E-state index in [9.17, 15) is 4.39 Å². The Kier molecular flexibility index (Phi) is 5.33. The molecule has 0 spiro atoms. The Morgan fingerprint density at radius 1 is 1.22 bits per heavy atom. The Labute approximate surface area is 168 Å². The highest BCUT2D eigenvalue weighted by molar-refractivity contribution is 7.98. The Hall–Kier alpha value is -2.09. The Morgan fingerprint density at radius 2 is 2.11 bits per heavy atom. The number of benzene rings is 2. The molecule has 2 heterocycles. The Bertz CT molecular complexity index is 1100. The second-order valence-electron chi connectivity index (χ2n) is 5.86. The van der Waals surface area contributed by atoms with Crippen molar-refractivity contribution in [1.82, 2.24) is 15.0 Å². The summed E-state index contributed by atoms with van der Waals surface area (Å²) in [5, 5.41) is 4.26. The largest absolute Gasteiger partial charge is 0.497 e. The van der Waals surface area contributed by atoms with Crippen LogP contribution >= 0.6 is 34.7 Å². The fourth-order valence-corrected chi connectivity index (χ4v) is 4.56. The number of nitrogens with zero attached hydrogens (tertiary/aromatic N) is 2. The number of thioether (sulfide) groups is 1. The van der Waals surface area contributed by atoms with Crippen LogP contribution in [0.2, 0.25) is 5.02 Å². The number of thiazole rings is 1. The van der Waals surface area contributed by atoms with Crippen LogP contribution in [0.4, 0.5) is 4.39 Å². The summed E-state index contributed by atoms with van der Waals surface area (Å²) in [5.74, 6) is 1.18. The van der Waals surface area contributed by atoms with Crippen molar-refractivity contribution in [2.24, 2.45) is 0 Å². The first-order chi connectivity index (χ1) is 13.1. The zero-order valence-corrected chi connectivity index (χ0v) is 16.7. The maximum absolute atomic E-state index is 13.2. The minimum Gasteiger partial charge on any atom is -0.497 e. The average molecular weight is 420 g/mol. The monoisotopic (exact) mass is 419 g/mol. The maximum atomic E-state index is 13.2. The molecule has 0 saturated heterocycles. The highest BCUT2D eigenvalue weighted by Gasteiger charge is 2.09. The number of ether oxygens (including phenoxy) is 1. The maximum Gasteiger partial charge on any atom is 0.166 e. The number of halogens is 2. The molecule has 0 aliphatic carbocycles. The van der Waals surface area contributed by atoms with E-state index in [1.54, 1.807) is 36.3 Å². The third-order valence-electron chi connectivity index (χ3n) is 3.98. The third kappa shape index (κ3) is 4.26. The van der Waals surface area contributed by atoms with Crippen LogP contribution in [0.5, 0.6) is 5.75 Å². The predicted octanol–water partition coefficient (Wildman–Crippen LogP) is 5.70. The fourth-order valence-electron chi connectivity index (χ4n) is 2.63. The summed E-state index contributed by atoms with van der Waals surface area (Å²) >= 11 is 9.28. The fraction of sp³-hybridized carbons (Fsp3) is 0.158. The van der Waals surface area contributed by atoms with Gasteiger partial charge in [0.05, 0.1) is 28.8 Å². The van der Waals surface area contributed by atoms with Crippen LogP contribution < -0.4 is 4.74 Å². The molecule has 0 atom stereocenters. The van der Waals surface area contributed by atoms with Gasteiger partial charge in [-0.15, -0.1) is 11.3 Å². The predicted molar refractivity (Wildman–Crippen MR) is 109 cm³/mol. The second-order valence-corrected chi connectivity index (χ2v) is 8.17. The molecule has 8 heteroatoms. The minimum absolute atomic E-state index is 0.330. The van der Waals surface area contributed by atoms with E-state index in [0.717, 1.165) is 38.2 Å². The standard InChI is InChI=1S/C19H15ClFN3OS2/c1-25-14-4-5-16-17(8-14)24-19(23-16)27-10-13-9-26-18(22-13)6-11-2-3-12(21)7-15(11)20/h2-5,7-9H,6,10H2,1H3,(H,23,24). The number of nitrogens with one attached hydrogen (secondary N) is 1. The van der Waals surface area contributed by atoms with E-state index < -0.39 is 0 Å². The van der Waals surface area contributed by atoms with Crippen LogP contribution in [0.15, 0.2) is 46.9 Å². The molecule has 138 valence electrons. The first kappa shape index (κ1) is 18.3. The topological polar surface area (TPSA) is 50.8 Å². The summed E-state index contributed by atoms with van der Waals surface area (Å²) in [7, 11) is 1.64. The molecule has 0 unspecified atom stereocenters. The molecule has 4 rings (SSSR count). The number of aromatic nitrogens is 3. The molecular formula is C19H15ClFN3OS2. The van der Waals surface area contributed by atoms with Crippen LogP contribution in [0.25, 0.3) is 11.0 Å². The Balaban J connectivity index is 1.42. The summed E-state index contributed by atoms with van der Waals surface area (Å²) in [4.78, 5) is 12.5. The quantitative estimate of drug-likeness (QED) is 0.407. The number of methoxy groups -OCH3 is 1. The summed E-state index contributed by atoms with van der Waals surface area (Å²) in [6.45, 7) is 0. The zero-order chi connectivity index (χ0) is 18.8. The van der Waals surface area contributed by atoms with Gasteiger partial charge in [0.2, 0.25) is 0 Å². The van der Waals surface area contributed by atoms with Crippen molar-refractivity contribution in [3.63, 3.8) is 0 Å². The van der Waals surface area contributed by atoms with E-state index in [-0.39, 0.29) is 5.82 Å². The molecule has 2 aromatic carbocycles. The molecule has 0 amide bonds. The third-order valence-corrected chi connectivity index (χ3v) is 6.14. The van der Waals surface area contributed by atoms with Crippen molar-refractivity contribution in [3.8, 4) is 5.75 Å². The van der Waals surface area contributed by atoms with Gasteiger partial charge in [0, 0.05) is 28.6 Å². The lowest BCUT2D eigenvalue weighted by atomic mass is 10.1. The van der Waals surface area contributed by atoms with Gasteiger partial charge in [-0.05, 0) is 29.8 Å². The molecule has 4 nitrogen and oxygen atoms in total. The van der Waals surface area contributed by atoms with Crippen molar-refractivity contribution < 1.29 is 9.13 Å². The lowest BCUT2D eigenvalue weighted by molar-refractivity contribution is 0.415. The van der Waals surface area contributed by atoms with Crippen molar-refractivity contribution >= 4 is 45.7 Å². The molecule has 27 heavy (non-hydrogen) atoms. The van der Waals surface area contributed by atoms with Crippen molar-refractivity contribution in [3.05, 3.63) is 68.9 Å². The molecule has 0 aliphatic heterocycles. The van der Waals surface area contributed by atoms with Gasteiger partial charge in [-0.2, -0.15) is 0 Å². The van der Waals surface area contributed by atoms with Crippen molar-refractivity contribution in [2.45, 2.75) is 17.3 Å². The lowest BCUT2D eigenvalue weighted by Crippen LogP contribution is -1.91. The smallest absolute Gasteiger partial charge is 0.166 e. The van der Waals surface area contributed by atoms with Crippen LogP contribution in [0, 0.1) is 5.82 Å². The highest BCUT2D eigenvalue weighted by Crippen LogP contribution is 2.27. The van der Waals surface area contributed by atoms with Crippen LogP contribution in [0.3, 0.4) is 0 Å². The number of aromatic amines is 1. The minimum atomic E-state index is -0.330. The average Bonchev–Trinajstić information content (AvgIpc) is 3.27. The molecular weight excluding hydrogens is 405 g/mol. The van der Waals surface area contributed by atoms with E-state index in [1.807, 2.05) is 23.6 Å². The van der Waals surface area contributed by atoms with E-state index in [4.69, 9.17) is 16.3 Å². The van der Waals surface area contributed by atoms with Gasteiger partial charge in [0.25, 0.3) is 0 Å². The molecule has 2 aromatic heterocycles. The van der Waals surface area contributed by atoms with Crippen molar-refractivity contribution in [2.75, 3.05) is 7.11 Å². The zero-order valence-electron chi connectivity index (χ0n) is 14.3. The number of hydrogen-bond acceptors (Lipinski definition) is 5. The van der Waals surface area contributed by atoms with Gasteiger partial charge in [-0.1, -0.05) is 29.4 Å². The van der Waals surface area contributed by atoms with E-state index in [2.05, 4.69) is 15.0 Å². The van der Waals surface area contributed by atoms with Crippen molar-refractivity contribution in [1.29, 1.82) is 0 Å². The van der Waals surface area contributed by atoms with Gasteiger partial charge in [-0.3, -0.25) is 0 Å². The van der Waals surface area contributed by atoms with Crippen LogP contribution in [-0.4, -0.2) is 22.1 Å². The van der Waals surface area contributed by atoms with Crippen LogP contribution in [-0.2, 0) is 12.2 Å². The first-order valence-corrected chi connectivity index (χ1v) is 10.4. The van der Waals surface area contributed by atoms with Crippen LogP contribution in [0.1, 0.15) is 16.3 Å². The first-order valence-electron chi connectivity index (χ1n) is 8.14. The van der Waals surface area contributed by atoms with Gasteiger partial charge in [0.1, 0.15) is 11.6 Å². The molecule has 0 radical (unpaired) electrons. The van der Waals surface area contributed by atoms with E-state index in [0.29, 0.717) is 17.2 Å². The summed E-state index contributed by atoms with van der Waals surface area (Å²) in [5.41, 5.74) is 3.71. The molecule has 4 aromatic rings. The van der Waals surface area contributed by atoms with Gasteiger partial charge in [-0.25, -0.2) is 14.4 Å². The Morgan fingerprint density at radius 3 is 2.93 bits per heavy atom. The van der Waals surface area contributed by atoms with Gasteiger partial charge in [0.15, 0.2) is 5.16 Å². The number of hydrogen-bond donors (Lipinski definition) is 1. The highest BCUT2D eigenvalue weighted by atomic mass is 35.5. The summed E-state index contributed by atoms with van der Waals surface area (Å²) in [6.07, 6.45) is 0.596. The van der Waals surface area contributed by atoms with E-state index in [1.165, 1.54) is 12.1 Å². The second kappa shape index (κ2) is 7.88. The molecule has 0 fully saturated rings. The summed E-state index contributed by atoms with van der Waals surface area (Å²) in [6, 6.07) is 10.2. The number of imidazole rings is 1. The number of fused-ring (bicyclic) bond motifs is 1. The summed E-state index contributed by atoms with van der Waals surface area (Å²) < 4.78 is 18.4.